The number of pyridine rings is 1. The number of nitriles is 1. The number of rotatable bonds is 2. The molecule has 1 aromatic rings. The number of nitrogens with zero attached hydrogens (tertiary/aromatic N) is 3. The van der Waals surface area contributed by atoms with Crippen LogP contribution in [0.5, 0.6) is 0 Å². The van der Waals surface area contributed by atoms with Gasteiger partial charge >= 0.3 is 0 Å². The Morgan fingerprint density at radius 3 is 2.70 bits per heavy atom. The van der Waals surface area contributed by atoms with Gasteiger partial charge < -0.3 is 0 Å². The van der Waals surface area contributed by atoms with Gasteiger partial charge in [-0.2, -0.15) is 5.26 Å². The number of amides is 1. The lowest BCUT2D eigenvalue weighted by Gasteiger charge is -2.22. The molecule has 20 heavy (non-hydrogen) atoms. The zero-order valence-electron chi connectivity index (χ0n) is 11.4. The van der Waals surface area contributed by atoms with Crippen LogP contribution in [0.3, 0.4) is 0 Å². The molecule has 0 radical (unpaired) electrons. The van der Waals surface area contributed by atoms with Crippen molar-refractivity contribution in [2.24, 2.45) is 10.8 Å². The number of carbonyl (C=O) groups excluding carboxylic acids is 1. The van der Waals surface area contributed by atoms with Gasteiger partial charge in [0.1, 0.15) is 17.1 Å². The first kappa shape index (κ1) is 13.0. The summed E-state index contributed by atoms with van der Waals surface area (Å²) in [6, 6.07) is 4.98. The zero-order chi connectivity index (χ0) is 14.4. The largest absolute Gasteiger partial charge is 0.299 e. The van der Waals surface area contributed by atoms with Gasteiger partial charge in [0, 0.05) is 12.5 Å². The summed E-state index contributed by atoms with van der Waals surface area (Å²) in [5, 5.41) is 9.51. The van der Waals surface area contributed by atoms with Crippen LogP contribution in [0.4, 0.5) is 10.2 Å². The van der Waals surface area contributed by atoms with Gasteiger partial charge in [-0.25, -0.2) is 9.37 Å². The fraction of sp³-hybridized carbons (Fsp3) is 0.533. The number of carbonyl (C=O) groups is 1. The third-order valence-corrected chi connectivity index (χ3v) is 4.86. The van der Waals surface area contributed by atoms with Crippen LogP contribution in [0.15, 0.2) is 18.3 Å². The van der Waals surface area contributed by atoms with Crippen LogP contribution in [0.2, 0.25) is 0 Å². The lowest BCUT2D eigenvalue weighted by atomic mass is 9.91. The highest BCUT2D eigenvalue weighted by molar-refractivity contribution is 6.01. The molecule has 1 heterocycles. The van der Waals surface area contributed by atoms with E-state index in [2.05, 4.69) is 11.1 Å². The van der Waals surface area contributed by atoms with Crippen molar-refractivity contribution in [3.63, 3.8) is 0 Å². The molecule has 0 bridgehead atoms. The topological polar surface area (TPSA) is 57.0 Å². The van der Waals surface area contributed by atoms with Crippen LogP contribution in [-0.4, -0.2) is 17.9 Å². The van der Waals surface area contributed by atoms with Crippen molar-refractivity contribution in [1.29, 1.82) is 5.26 Å². The summed E-state index contributed by atoms with van der Waals surface area (Å²) in [6.45, 7) is 0. The van der Waals surface area contributed by atoms with Crippen LogP contribution in [0.1, 0.15) is 32.1 Å². The molecule has 0 N–H and O–H groups in total. The van der Waals surface area contributed by atoms with Crippen molar-refractivity contribution in [2.45, 2.75) is 32.1 Å². The summed E-state index contributed by atoms with van der Waals surface area (Å²) in [5.41, 5.74) is -1.01. The van der Waals surface area contributed by atoms with Gasteiger partial charge in [0.05, 0.1) is 12.3 Å². The molecule has 5 heteroatoms. The number of halogens is 1. The molecule has 1 spiro atoms. The van der Waals surface area contributed by atoms with Gasteiger partial charge in [-0.3, -0.25) is 9.69 Å². The van der Waals surface area contributed by atoms with E-state index < -0.39 is 11.2 Å². The van der Waals surface area contributed by atoms with Gasteiger partial charge in [-0.15, -0.1) is 0 Å². The van der Waals surface area contributed by atoms with Crippen molar-refractivity contribution in [3.05, 3.63) is 24.1 Å². The summed E-state index contributed by atoms with van der Waals surface area (Å²) in [7, 11) is 1.60. The van der Waals surface area contributed by atoms with Crippen molar-refractivity contribution >= 4 is 11.7 Å². The summed E-state index contributed by atoms with van der Waals surface area (Å²) in [5.74, 6) is -0.268. The van der Waals surface area contributed by atoms with E-state index in [0.717, 1.165) is 31.9 Å². The highest BCUT2D eigenvalue weighted by atomic mass is 19.1. The van der Waals surface area contributed by atoms with Crippen molar-refractivity contribution in [1.82, 2.24) is 4.98 Å². The minimum Gasteiger partial charge on any atom is -0.299 e. The fourth-order valence-corrected chi connectivity index (χ4v) is 3.58. The minimum atomic E-state index is -0.895. The second-order valence-electron chi connectivity index (χ2n) is 5.88. The summed E-state index contributed by atoms with van der Waals surface area (Å²) < 4.78 is 12.9. The van der Waals surface area contributed by atoms with Gasteiger partial charge in [-0.05, 0) is 31.4 Å². The number of aromatic nitrogens is 1. The molecule has 2 aliphatic carbocycles. The first-order chi connectivity index (χ1) is 9.55. The van der Waals surface area contributed by atoms with Crippen LogP contribution in [-0.2, 0) is 4.79 Å². The SMILES string of the molecule is CN(C(=O)C1(C#N)CC12CCCC2)c1ccc(F)cn1. The Balaban J connectivity index is 1.85. The molecule has 1 atom stereocenters. The highest BCUT2D eigenvalue weighted by Crippen LogP contribution is 2.71. The minimum absolute atomic E-state index is 0.118. The average Bonchev–Trinajstić information content (AvgIpc) is 2.84. The van der Waals surface area contributed by atoms with E-state index in [9.17, 15) is 14.4 Å². The van der Waals surface area contributed by atoms with Crippen molar-refractivity contribution in [2.75, 3.05) is 11.9 Å². The van der Waals surface area contributed by atoms with Gasteiger partial charge in [0.25, 0.3) is 0 Å². The summed E-state index contributed by atoms with van der Waals surface area (Å²) in [6.07, 6.45) is 5.83. The maximum Gasteiger partial charge on any atom is 0.248 e. The molecule has 2 saturated carbocycles. The number of anilines is 1. The first-order valence-corrected chi connectivity index (χ1v) is 6.86. The molecule has 0 aromatic carbocycles. The van der Waals surface area contributed by atoms with Crippen LogP contribution < -0.4 is 4.90 Å². The van der Waals surface area contributed by atoms with Gasteiger partial charge in [0.2, 0.25) is 5.91 Å². The second kappa shape index (κ2) is 4.27. The van der Waals surface area contributed by atoms with Crippen molar-refractivity contribution < 1.29 is 9.18 Å². The Kier molecular flexibility index (Phi) is 2.79. The summed E-state index contributed by atoms with van der Waals surface area (Å²) >= 11 is 0. The Morgan fingerprint density at radius 2 is 2.15 bits per heavy atom. The molecular weight excluding hydrogens is 257 g/mol. The fourth-order valence-electron chi connectivity index (χ4n) is 3.58. The number of hydrogen-bond acceptors (Lipinski definition) is 3. The third-order valence-electron chi connectivity index (χ3n) is 4.86. The normalized spacial score (nSPS) is 26.2. The quantitative estimate of drug-likeness (QED) is 0.832. The van der Waals surface area contributed by atoms with Crippen LogP contribution in [0, 0.1) is 28.0 Å². The van der Waals surface area contributed by atoms with E-state index in [1.165, 1.54) is 17.0 Å². The van der Waals surface area contributed by atoms with E-state index >= 15 is 0 Å². The molecule has 1 aromatic heterocycles. The second-order valence-corrected chi connectivity index (χ2v) is 5.88. The average molecular weight is 273 g/mol. The van der Waals surface area contributed by atoms with E-state index in [0.29, 0.717) is 12.2 Å². The maximum atomic E-state index is 12.9. The predicted octanol–water partition coefficient (Wildman–Crippen LogP) is 2.66. The van der Waals surface area contributed by atoms with E-state index in [1.54, 1.807) is 7.05 Å². The summed E-state index contributed by atoms with van der Waals surface area (Å²) in [4.78, 5) is 18.0. The molecule has 3 rings (SSSR count). The third kappa shape index (κ3) is 1.64. The monoisotopic (exact) mass is 273 g/mol. The molecule has 2 aliphatic rings. The molecule has 0 aliphatic heterocycles. The molecule has 1 amide bonds. The molecule has 0 saturated heterocycles. The van der Waals surface area contributed by atoms with Gasteiger partial charge in [-0.1, -0.05) is 12.8 Å². The van der Waals surface area contributed by atoms with Gasteiger partial charge in [0.15, 0.2) is 0 Å². The Bertz CT molecular complexity index is 586. The Morgan fingerprint density at radius 1 is 1.45 bits per heavy atom. The lowest BCUT2D eigenvalue weighted by Crippen LogP contribution is -2.36. The van der Waals surface area contributed by atoms with Crippen LogP contribution in [0.25, 0.3) is 0 Å². The Hall–Kier alpha value is -1.96. The lowest BCUT2D eigenvalue weighted by molar-refractivity contribution is -0.122. The van der Waals surface area contributed by atoms with Crippen LogP contribution >= 0.6 is 0 Å². The van der Waals surface area contributed by atoms with E-state index in [4.69, 9.17) is 0 Å². The Labute approximate surface area is 117 Å². The predicted molar refractivity (Wildman–Crippen MR) is 71.2 cm³/mol. The zero-order valence-corrected chi connectivity index (χ0v) is 11.4. The molecule has 2 fully saturated rings. The van der Waals surface area contributed by atoms with E-state index in [-0.39, 0.29) is 11.3 Å². The number of hydrogen-bond donors (Lipinski definition) is 0. The smallest absolute Gasteiger partial charge is 0.248 e. The molecule has 1 unspecified atom stereocenters. The first-order valence-electron chi connectivity index (χ1n) is 6.86. The maximum absolute atomic E-state index is 12.9. The molecular formula is C15H16FN3O. The molecule has 4 nitrogen and oxygen atoms in total. The van der Waals surface area contributed by atoms with Crippen molar-refractivity contribution in [3.8, 4) is 6.07 Å². The highest BCUT2D eigenvalue weighted by Gasteiger charge is 2.73. The standard InChI is InChI=1S/C15H16FN3O/c1-19(12-5-4-11(16)8-18-12)13(20)15(10-17)9-14(15)6-2-3-7-14/h4-5,8H,2-3,6-7,9H2,1H3. The van der Waals surface area contributed by atoms with E-state index in [1.807, 2.05) is 0 Å². The molecule has 104 valence electrons.